The summed E-state index contributed by atoms with van der Waals surface area (Å²) < 4.78 is 26.7. The van der Waals surface area contributed by atoms with Crippen LogP contribution in [-0.2, 0) is 0 Å². The predicted octanol–water partition coefficient (Wildman–Crippen LogP) is 4.28. The Labute approximate surface area is 172 Å². The van der Waals surface area contributed by atoms with Crippen molar-refractivity contribution < 1.29 is 27.9 Å². The Morgan fingerprint density at radius 2 is 1.90 bits per heavy atom. The first-order valence-corrected chi connectivity index (χ1v) is 9.04. The van der Waals surface area contributed by atoms with Crippen molar-refractivity contribution in [2.24, 2.45) is 0 Å². The highest BCUT2D eigenvalue weighted by molar-refractivity contribution is 5.97. The van der Waals surface area contributed by atoms with Crippen molar-refractivity contribution in [3.63, 3.8) is 0 Å². The molecule has 0 amide bonds. The fourth-order valence-corrected chi connectivity index (χ4v) is 2.79. The molecule has 0 unspecified atom stereocenters. The van der Waals surface area contributed by atoms with Gasteiger partial charge in [0.1, 0.15) is 5.75 Å². The van der Waals surface area contributed by atoms with E-state index in [1.807, 2.05) is 0 Å². The maximum Gasteiger partial charge on any atom is 0.293 e. The van der Waals surface area contributed by atoms with Gasteiger partial charge in [-0.3, -0.25) is 4.79 Å². The molecule has 0 radical (unpaired) electrons. The van der Waals surface area contributed by atoms with Crippen LogP contribution in [0.15, 0.2) is 69.8 Å². The van der Waals surface area contributed by atoms with Gasteiger partial charge in [-0.05, 0) is 42.5 Å². The number of carbonyl (C=O) groups is 1. The predicted molar refractivity (Wildman–Crippen MR) is 107 cm³/mol. The van der Waals surface area contributed by atoms with Crippen molar-refractivity contribution in [3.8, 4) is 40.3 Å². The van der Waals surface area contributed by atoms with Gasteiger partial charge in [-0.25, -0.2) is 0 Å². The first-order valence-electron chi connectivity index (χ1n) is 9.04. The molecule has 2 heterocycles. The molecule has 0 aliphatic carbocycles. The summed E-state index contributed by atoms with van der Waals surface area (Å²) in [5.41, 5.74) is 1.17. The fraction of sp³-hybridized carbons (Fsp3) is 0.136. The lowest BCUT2D eigenvalue weighted by atomic mass is 10.1. The van der Waals surface area contributed by atoms with Gasteiger partial charge in [-0.2, -0.15) is 4.98 Å². The van der Waals surface area contributed by atoms with Gasteiger partial charge in [0.2, 0.25) is 5.82 Å². The topological polar surface area (TPSA) is 96.8 Å². The van der Waals surface area contributed by atoms with E-state index in [0.717, 1.165) is 0 Å². The van der Waals surface area contributed by atoms with E-state index >= 15 is 0 Å². The average molecular weight is 406 g/mol. The van der Waals surface area contributed by atoms with Crippen LogP contribution in [0.4, 0.5) is 0 Å². The molecule has 0 bridgehead atoms. The lowest BCUT2D eigenvalue weighted by molar-refractivity contribution is 0.0919. The third kappa shape index (κ3) is 4.02. The number of ether oxygens (including phenoxy) is 3. The van der Waals surface area contributed by atoms with Crippen LogP contribution >= 0.6 is 0 Å². The van der Waals surface area contributed by atoms with E-state index in [1.54, 1.807) is 61.7 Å². The standard InChI is InChI=1S/C22H18N2O6/c1-26-16-6-3-5-14(11-16)17(25)13-29-18-9-8-15(12-20(18)27-2)21-23-22(30-24-21)19-7-4-10-28-19/h3-12H,13H2,1-2H3. The Morgan fingerprint density at radius 1 is 1.00 bits per heavy atom. The molecule has 0 saturated carbocycles. The SMILES string of the molecule is COc1cccc(C(=O)COc2ccc(-c3noc(-c4ccco4)n3)cc2OC)c1. The minimum Gasteiger partial charge on any atom is -0.497 e. The van der Waals surface area contributed by atoms with Crippen LogP contribution in [0.3, 0.4) is 0 Å². The Morgan fingerprint density at radius 3 is 2.67 bits per heavy atom. The summed E-state index contributed by atoms with van der Waals surface area (Å²) in [4.78, 5) is 16.8. The van der Waals surface area contributed by atoms with Crippen molar-refractivity contribution in [1.82, 2.24) is 10.1 Å². The van der Waals surface area contributed by atoms with Crippen LogP contribution in [0.5, 0.6) is 17.2 Å². The van der Waals surface area contributed by atoms with Crippen LogP contribution in [0, 0.1) is 0 Å². The van der Waals surface area contributed by atoms with Crippen LogP contribution in [-0.4, -0.2) is 36.8 Å². The number of Topliss-reactive ketones (excluding diaryl/α,β-unsaturated/α-hetero) is 1. The largest absolute Gasteiger partial charge is 0.497 e. The van der Waals surface area contributed by atoms with Gasteiger partial charge in [-0.1, -0.05) is 17.3 Å². The molecule has 0 aliphatic rings. The summed E-state index contributed by atoms with van der Waals surface area (Å²) in [7, 11) is 3.06. The Kier molecular flexibility index (Phi) is 5.47. The van der Waals surface area contributed by atoms with Gasteiger partial charge in [0.25, 0.3) is 5.89 Å². The smallest absolute Gasteiger partial charge is 0.293 e. The number of benzene rings is 2. The highest BCUT2D eigenvalue weighted by atomic mass is 16.5. The molecule has 4 aromatic rings. The molecule has 0 saturated heterocycles. The molecule has 30 heavy (non-hydrogen) atoms. The fourth-order valence-electron chi connectivity index (χ4n) is 2.79. The number of hydrogen-bond acceptors (Lipinski definition) is 8. The second-order valence-electron chi connectivity index (χ2n) is 6.21. The Hall–Kier alpha value is -4.07. The summed E-state index contributed by atoms with van der Waals surface area (Å²) in [5, 5.41) is 3.97. The zero-order valence-corrected chi connectivity index (χ0v) is 16.3. The number of methoxy groups -OCH3 is 2. The van der Waals surface area contributed by atoms with Crippen molar-refractivity contribution in [3.05, 3.63) is 66.4 Å². The summed E-state index contributed by atoms with van der Waals surface area (Å²) in [6.45, 7) is -0.145. The van der Waals surface area contributed by atoms with E-state index in [0.29, 0.717) is 40.0 Å². The van der Waals surface area contributed by atoms with Crippen LogP contribution in [0.1, 0.15) is 10.4 Å². The average Bonchev–Trinajstić information content (AvgIpc) is 3.49. The maximum absolute atomic E-state index is 12.4. The van der Waals surface area contributed by atoms with E-state index < -0.39 is 0 Å². The van der Waals surface area contributed by atoms with Gasteiger partial charge in [-0.15, -0.1) is 0 Å². The molecule has 0 atom stereocenters. The third-order valence-corrected chi connectivity index (χ3v) is 4.33. The molecule has 0 N–H and O–H groups in total. The molecular weight excluding hydrogens is 388 g/mol. The van der Waals surface area contributed by atoms with Crippen molar-refractivity contribution >= 4 is 5.78 Å². The van der Waals surface area contributed by atoms with E-state index in [1.165, 1.54) is 13.4 Å². The van der Waals surface area contributed by atoms with Crippen molar-refractivity contribution in [2.75, 3.05) is 20.8 Å². The summed E-state index contributed by atoms with van der Waals surface area (Å²) >= 11 is 0. The summed E-state index contributed by atoms with van der Waals surface area (Å²) in [6.07, 6.45) is 1.53. The van der Waals surface area contributed by atoms with Crippen molar-refractivity contribution in [2.45, 2.75) is 0 Å². The quantitative estimate of drug-likeness (QED) is 0.400. The van der Waals surface area contributed by atoms with Gasteiger partial charge < -0.3 is 23.2 Å². The number of ketones is 1. The highest BCUT2D eigenvalue weighted by Gasteiger charge is 2.16. The van der Waals surface area contributed by atoms with Crippen molar-refractivity contribution in [1.29, 1.82) is 0 Å². The Balaban J connectivity index is 1.49. The molecule has 152 valence electrons. The number of hydrogen-bond donors (Lipinski definition) is 0. The zero-order valence-electron chi connectivity index (χ0n) is 16.3. The number of carbonyl (C=O) groups excluding carboxylic acids is 1. The number of nitrogens with zero attached hydrogens (tertiary/aromatic N) is 2. The second kappa shape index (κ2) is 8.52. The summed E-state index contributed by atoms with van der Waals surface area (Å²) in [5.74, 6) is 2.43. The third-order valence-electron chi connectivity index (χ3n) is 4.33. The molecule has 8 nitrogen and oxygen atoms in total. The van der Waals surface area contributed by atoms with E-state index in [-0.39, 0.29) is 18.3 Å². The Bertz CT molecular complexity index is 1150. The molecule has 0 fully saturated rings. The molecule has 0 spiro atoms. The first kappa shape index (κ1) is 19.3. The minimum absolute atomic E-state index is 0.145. The molecule has 0 aliphatic heterocycles. The number of furan rings is 1. The van der Waals surface area contributed by atoms with Crippen LogP contribution < -0.4 is 14.2 Å². The van der Waals surface area contributed by atoms with Gasteiger partial charge >= 0.3 is 0 Å². The molecule has 2 aromatic carbocycles. The van der Waals surface area contributed by atoms with Gasteiger partial charge in [0.15, 0.2) is 29.6 Å². The molecular formula is C22H18N2O6. The lowest BCUT2D eigenvalue weighted by Crippen LogP contribution is -2.12. The lowest BCUT2D eigenvalue weighted by Gasteiger charge is -2.11. The van der Waals surface area contributed by atoms with E-state index in [9.17, 15) is 4.79 Å². The summed E-state index contributed by atoms with van der Waals surface area (Å²) in [6, 6.07) is 15.5. The first-order chi connectivity index (χ1) is 14.7. The number of aromatic nitrogens is 2. The minimum atomic E-state index is -0.179. The molecule has 4 rings (SSSR count). The molecule has 2 aromatic heterocycles. The highest BCUT2D eigenvalue weighted by Crippen LogP contribution is 2.32. The van der Waals surface area contributed by atoms with E-state index in [4.69, 9.17) is 23.2 Å². The second-order valence-corrected chi connectivity index (χ2v) is 6.21. The van der Waals surface area contributed by atoms with E-state index in [2.05, 4.69) is 10.1 Å². The molecule has 8 heteroatoms. The number of rotatable bonds is 8. The maximum atomic E-state index is 12.4. The normalized spacial score (nSPS) is 10.6. The monoisotopic (exact) mass is 406 g/mol. The van der Waals surface area contributed by atoms with Crippen LogP contribution in [0.25, 0.3) is 23.0 Å². The van der Waals surface area contributed by atoms with Crippen LogP contribution in [0.2, 0.25) is 0 Å². The van der Waals surface area contributed by atoms with Gasteiger partial charge in [0.05, 0.1) is 20.5 Å². The zero-order chi connectivity index (χ0) is 20.9. The van der Waals surface area contributed by atoms with Gasteiger partial charge in [0, 0.05) is 11.1 Å².